The Morgan fingerprint density at radius 1 is 1.47 bits per heavy atom. The zero-order valence-corrected chi connectivity index (χ0v) is 12.7. The average Bonchev–Trinajstić information content (AvgIpc) is 2.84. The first-order valence-corrected chi connectivity index (χ1v) is 7.36. The molecular weight excluding hydrogens is 331 g/mol. The molecule has 1 unspecified atom stereocenters. The van der Waals surface area contributed by atoms with Crippen LogP contribution in [-0.4, -0.2) is 13.7 Å². The van der Waals surface area contributed by atoms with Gasteiger partial charge in [0, 0.05) is 22.0 Å². The van der Waals surface area contributed by atoms with E-state index in [-0.39, 0.29) is 11.9 Å². The van der Waals surface area contributed by atoms with Crippen LogP contribution in [0.4, 0.5) is 10.1 Å². The summed E-state index contributed by atoms with van der Waals surface area (Å²) in [4.78, 5) is 1.05. The second-order valence-electron chi connectivity index (χ2n) is 3.91. The molecule has 0 saturated heterocycles. The highest BCUT2D eigenvalue weighted by Crippen LogP contribution is 2.32. The summed E-state index contributed by atoms with van der Waals surface area (Å²) in [5, 5.41) is 5.08. The van der Waals surface area contributed by atoms with E-state index < -0.39 is 0 Å². The van der Waals surface area contributed by atoms with E-state index in [0.717, 1.165) is 9.35 Å². The fraction of sp³-hybridized carbons (Fsp3) is 0.231. The Hall–Kier alpha value is -1.11. The summed E-state index contributed by atoms with van der Waals surface area (Å²) in [5.74, 6) is 0.275. The smallest absolute Gasteiger partial charge is 0.146 e. The van der Waals surface area contributed by atoms with Gasteiger partial charge in [0.25, 0.3) is 0 Å². The van der Waals surface area contributed by atoms with Crippen LogP contribution in [0.15, 0.2) is 34.1 Å². The molecule has 0 saturated carbocycles. The van der Waals surface area contributed by atoms with Crippen molar-refractivity contribution in [2.75, 3.05) is 19.0 Å². The predicted octanol–water partition coefficient (Wildman–Crippen LogP) is 3.77. The number of methoxy groups -OCH3 is 1. The summed E-state index contributed by atoms with van der Waals surface area (Å²) in [7, 11) is 1.55. The molecule has 0 radical (unpaired) electrons. The van der Waals surface area contributed by atoms with Crippen molar-refractivity contribution in [1.29, 1.82) is 0 Å². The fourth-order valence-corrected chi connectivity index (χ4v) is 3.43. The van der Waals surface area contributed by atoms with Crippen molar-refractivity contribution in [1.82, 2.24) is 0 Å². The van der Waals surface area contributed by atoms with Crippen LogP contribution in [0.3, 0.4) is 0 Å². The van der Waals surface area contributed by atoms with Crippen molar-refractivity contribution in [2.45, 2.75) is 6.04 Å². The second-order valence-corrected chi connectivity index (χ2v) is 5.71. The quantitative estimate of drug-likeness (QED) is 0.867. The van der Waals surface area contributed by atoms with Gasteiger partial charge in [0.15, 0.2) is 0 Å². The zero-order chi connectivity index (χ0) is 13.8. The van der Waals surface area contributed by atoms with Crippen LogP contribution in [0, 0.1) is 5.82 Å². The van der Waals surface area contributed by atoms with Gasteiger partial charge in [0.1, 0.15) is 11.6 Å². The summed E-state index contributed by atoms with van der Waals surface area (Å²) >= 11 is 5.04. The molecular formula is C13H14BrFN2OS. The number of hydrogen-bond acceptors (Lipinski definition) is 4. The highest BCUT2D eigenvalue weighted by molar-refractivity contribution is 9.10. The van der Waals surface area contributed by atoms with Gasteiger partial charge >= 0.3 is 0 Å². The SMILES string of the molecule is COc1ccc(F)c(NC(CN)c2sccc2Br)c1. The van der Waals surface area contributed by atoms with Crippen LogP contribution >= 0.6 is 27.3 Å². The number of halogens is 2. The summed E-state index contributed by atoms with van der Waals surface area (Å²) in [6.45, 7) is 0.371. The lowest BCUT2D eigenvalue weighted by atomic mass is 10.2. The highest BCUT2D eigenvalue weighted by atomic mass is 79.9. The normalized spacial score (nSPS) is 12.2. The van der Waals surface area contributed by atoms with Gasteiger partial charge in [-0.3, -0.25) is 0 Å². The Labute approximate surface area is 123 Å². The molecule has 3 nitrogen and oxygen atoms in total. The van der Waals surface area contributed by atoms with Gasteiger partial charge in [-0.2, -0.15) is 0 Å². The van der Waals surface area contributed by atoms with E-state index in [2.05, 4.69) is 21.2 Å². The van der Waals surface area contributed by atoms with Crippen molar-refractivity contribution < 1.29 is 9.13 Å². The topological polar surface area (TPSA) is 47.3 Å². The average molecular weight is 345 g/mol. The molecule has 0 amide bonds. The number of rotatable bonds is 5. The molecule has 102 valence electrons. The van der Waals surface area contributed by atoms with Gasteiger partial charge < -0.3 is 15.8 Å². The molecule has 1 aromatic carbocycles. The Morgan fingerprint density at radius 2 is 2.26 bits per heavy atom. The monoisotopic (exact) mass is 344 g/mol. The molecule has 0 spiro atoms. The largest absolute Gasteiger partial charge is 0.497 e. The number of nitrogens with two attached hydrogens (primary N) is 1. The standard InChI is InChI=1S/C13H14BrFN2OS/c1-18-8-2-3-10(15)11(6-8)17-12(7-16)13-9(14)4-5-19-13/h2-6,12,17H,7,16H2,1H3. The number of nitrogens with one attached hydrogen (secondary N) is 1. The van der Waals surface area contributed by atoms with Crippen LogP contribution < -0.4 is 15.8 Å². The lowest BCUT2D eigenvalue weighted by Gasteiger charge is -2.18. The van der Waals surface area contributed by atoms with E-state index in [1.165, 1.54) is 6.07 Å². The first kappa shape index (κ1) is 14.3. The van der Waals surface area contributed by atoms with Crippen molar-refractivity contribution >= 4 is 33.0 Å². The maximum Gasteiger partial charge on any atom is 0.146 e. The van der Waals surface area contributed by atoms with Gasteiger partial charge in [-0.05, 0) is 39.5 Å². The van der Waals surface area contributed by atoms with Crippen LogP contribution in [-0.2, 0) is 0 Å². The second kappa shape index (κ2) is 6.36. The van der Waals surface area contributed by atoms with Gasteiger partial charge in [0.2, 0.25) is 0 Å². The van der Waals surface area contributed by atoms with Crippen molar-refractivity contribution in [3.63, 3.8) is 0 Å². The third-order valence-electron chi connectivity index (χ3n) is 2.70. The predicted molar refractivity (Wildman–Crippen MR) is 80.4 cm³/mol. The van der Waals surface area contributed by atoms with Gasteiger partial charge in [-0.25, -0.2) is 4.39 Å². The molecule has 0 aliphatic heterocycles. The highest BCUT2D eigenvalue weighted by Gasteiger charge is 2.16. The first-order valence-electron chi connectivity index (χ1n) is 5.68. The van der Waals surface area contributed by atoms with Crippen LogP contribution in [0.2, 0.25) is 0 Å². The molecule has 0 aliphatic carbocycles. The van der Waals surface area contributed by atoms with Gasteiger partial charge in [0.05, 0.1) is 18.8 Å². The Balaban J connectivity index is 2.26. The minimum Gasteiger partial charge on any atom is -0.497 e. The van der Waals surface area contributed by atoms with E-state index in [1.807, 2.05) is 11.4 Å². The summed E-state index contributed by atoms with van der Waals surface area (Å²) in [6.07, 6.45) is 0. The number of anilines is 1. The fourth-order valence-electron chi connectivity index (χ4n) is 1.72. The lowest BCUT2D eigenvalue weighted by Crippen LogP contribution is -2.20. The molecule has 19 heavy (non-hydrogen) atoms. The maximum atomic E-state index is 13.8. The van der Waals surface area contributed by atoms with Crippen LogP contribution in [0.5, 0.6) is 5.75 Å². The summed E-state index contributed by atoms with van der Waals surface area (Å²) in [5.41, 5.74) is 6.16. The van der Waals surface area contributed by atoms with Gasteiger partial charge in [-0.1, -0.05) is 0 Å². The lowest BCUT2D eigenvalue weighted by molar-refractivity contribution is 0.414. The van der Waals surface area contributed by atoms with E-state index in [0.29, 0.717) is 18.0 Å². The molecule has 2 rings (SSSR count). The summed E-state index contributed by atoms with van der Waals surface area (Å²) in [6, 6.07) is 6.39. The molecule has 1 heterocycles. The van der Waals surface area contributed by atoms with Crippen molar-refractivity contribution in [3.05, 3.63) is 44.8 Å². The van der Waals surface area contributed by atoms with Crippen LogP contribution in [0.25, 0.3) is 0 Å². The first-order chi connectivity index (χ1) is 9.15. The summed E-state index contributed by atoms with van der Waals surface area (Å²) < 4.78 is 19.8. The Bertz CT molecular complexity index is 561. The maximum absolute atomic E-state index is 13.8. The number of hydrogen-bond donors (Lipinski definition) is 2. The minimum absolute atomic E-state index is 0.143. The van der Waals surface area contributed by atoms with Crippen molar-refractivity contribution in [2.24, 2.45) is 5.73 Å². The molecule has 6 heteroatoms. The van der Waals surface area contributed by atoms with Crippen molar-refractivity contribution in [3.8, 4) is 5.75 Å². The minimum atomic E-state index is -0.327. The molecule has 0 bridgehead atoms. The van der Waals surface area contributed by atoms with E-state index in [1.54, 1.807) is 30.6 Å². The Morgan fingerprint density at radius 3 is 2.84 bits per heavy atom. The van der Waals surface area contributed by atoms with E-state index >= 15 is 0 Å². The third kappa shape index (κ3) is 3.26. The number of benzene rings is 1. The molecule has 1 aromatic heterocycles. The third-order valence-corrected chi connectivity index (χ3v) is 4.68. The number of thiophene rings is 1. The molecule has 2 aromatic rings. The van der Waals surface area contributed by atoms with Gasteiger partial charge in [-0.15, -0.1) is 11.3 Å². The zero-order valence-electron chi connectivity index (χ0n) is 10.3. The molecule has 0 aliphatic rings. The Kier molecular flexibility index (Phi) is 4.79. The van der Waals surface area contributed by atoms with E-state index in [4.69, 9.17) is 10.5 Å². The van der Waals surface area contributed by atoms with E-state index in [9.17, 15) is 4.39 Å². The molecule has 3 N–H and O–H groups in total. The van der Waals surface area contributed by atoms with Crippen LogP contribution in [0.1, 0.15) is 10.9 Å². The molecule has 0 fully saturated rings. The number of ether oxygens (including phenoxy) is 1. The molecule has 1 atom stereocenters.